The molecule has 0 aromatic carbocycles. The molecule has 1 aliphatic carbocycles. The average Bonchev–Trinajstić information content (AvgIpc) is 2.69. The largest absolute Gasteiger partial charge is 0.388 e. The van der Waals surface area contributed by atoms with Gasteiger partial charge in [0.15, 0.2) is 5.82 Å². The molecule has 0 atom stereocenters. The first-order valence-corrected chi connectivity index (χ1v) is 7.40. The van der Waals surface area contributed by atoms with Gasteiger partial charge in [0.05, 0.1) is 17.4 Å². The molecule has 0 unspecified atom stereocenters. The molecule has 1 aliphatic rings. The Morgan fingerprint density at radius 3 is 2.75 bits per heavy atom. The molecule has 5 heteroatoms. The maximum absolute atomic E-state index is 10.7. The fourth-order valence-electron chi connectivity index (χ4n) is 3.00. The molecule has 5 nitrogen and oxygen atoms in total. The van der Waals surface area contributed by atoms with E-state index in [4.69, 9.17) is 0 Å². The Bertz CT molecular complexity index is 585. The van der Waals surface area contributed by atoms with Crippen LogP contribution in [0.1, 0.15) is 38.5 Å². The first kappa shape index (κ1) is 13.4. The highest BCUT2D eigenvalue weighted by Crippen LogP contribution is 2.28. The van der Waals surface area contributed by atoms with E-state index in [1.54, 1.807) is 12.5 Å². The number of nitrogens with one attached hydrogen (secondary N) is 1. The minimum absolute atomic E-state index is 0.551. The Labute approximate surface area is 119 Å². The fraction of sp³-hybridized carbons (Fsp3) is 0.600. The molecule has 0 radical (unpaired) electrons. The lowest BCUT2D eigenvalue weighted by Gasteiger charge is -2.27. The molecule has 3 rings (SSSR count). The predicted molar refractivity (Wildman–Crippen MR) is 79.7 cm³/mol. The molecule has 2 N–H and O–H groups in total. The zero-order chi connectivity index (χ0) is 14.0. The molecule has 2 aromatic heterocycles. The van der Waals surface area contributed by atoms with E-state index in [0.717, 1.165) is 42.5 Å². The van der Waals surface area contributed by atoms with Gasteiger partial charge in [-0.25, -0.2) is 9.97 Å². The van der Waals surface area contributed by atoms with Crippen LogP contribution in [0, 0.1) is 0 Å². The quantitative estimate of drug-likeness (QED) is 0.844. The molecule has 2 heterocycles. The molecule has 1 fully saturated rings. The Hall–Kier alpha value is -1.62. The Morgan fingerprint density at radius 1 is 1.25 bits per heavy atom. The molecule has 0 spiro atoms. The number of aliphatic hydroxyl groups is 1. The van der Waals surface area contributed by atoms with Crippen molar-refractivity contribution in [2.75, 3.05) is 11.9 Å². The van der Waals surface area contributed by atoms with E-state index in [1.165, 1.54) is 12.8 Å². The van der Waals surface area contributed by atoms with Crippen LogP contribution in [0.3, 0.4) is 0 Å². The molecular weight excluding hydrogens is 252 g/mol. The van der Waals surface area contributed by atoms with Gasteiger partial charge in [-0.2, -0.15) is 0 Å². The number of nitrogens with zero attached hydrogens (tertiary/aromatic N) is 3. The van der Waals surface area contributed by atoms with E-state index < -0.39 is 5.60 Å². The Morgan fingerprint density at radius 2 is 2.00 bits per heavy atom. The molecule has 0 saturated heterocycles. The third-order valence-corrected chi connectivity index (χ3v) is 4.26. The standard InChI is InChI=1S/C15H22N4O/c1-19-11-18-13-12(19)6-9-16-14(13)17-10-15(20)7-4-2-3-5-8-15/h6,9,11,20H,2-5,7-8,10H2,1H3,(H,16,17). The highest BCUT2D eigenvalue weighted by atomic mass is 16.3. The summed E-state index contributed by atoms with van der Waals surface area (Å²) >= 11 is 0. The minimum atomic E-state index is -0.602. The number of fused-ring (bicyclic) bond motifs is 1. The molecule has 0 aliphatic heterocycles. The van der Waals surface area contributed by atoms with E-state index in [1.807, 2.05) is 17.7 Å². The summed E-state index contributed by atoms with van der Waals surface area (Å²) in [5.74, 6) is 0.765. The molecular formula is C15H22N4O. The Balaban J connectivity index is 1.76. The average molecular weight is 274 g/mol. The van der Waals surface area contributed by atoms with Gasteiger partial charge in [0.25, 0.3) is 0 Å². The van der Waals surface area contributed by atoms with Crippen molar-refractivity contribution in [3.05, 3.63) is 18.6 Å². The van der Waals surface area contributed by atoms with Crippen LogP contribution in [0.5, 0.6) is 0 Å². The van der Waals surface area contributed by atoms with Crippen LogP contribution in [0.2, 0.25) is 0 Å². The van der Waals surface area contributed by atoms with E-state index in [9.17, 15) is 5.11 Å². The summed E-state index contributed by atoms with van der Waals surface area (Å²) in [6, 6.07) is 1.95. The van der Waals surface area contributed by atoms with E-state index >= 15 is 0 Å². The topological polar surface area (TPSA) is 63.0 Å². The van der Waals surface area contributed by atoms with Crippen LogP contribution < -0.4 is 5.32 Å². The number of aryl methyl sites for hydroxylation is 1. The summed E-state index contributed by atoms with van der Waals surface area (Å²) in [6.45, 7) is 0.551. The van der Waals surface area contributed by atoms with E-state index in [-0.39, 0.29) is 0 Å². The van der Waals surface area contributed by atoms with Gasteiger partial charge in [-0.15, -0.1) is 0 Å². The first-order chi connectivity index (χ1) is 9.68. The van der Waals surface area contributed by atoms with Gasteiger partial charge in [-0.3, -0.25) is 0 Å². The molecule has 2 aromatic rings. The lowest BCUT2D eigenvalue weighted by Crippen LogP contribution is -2.36. The van der Waals surface area contributed by atoms with Crippen molar-refractivity contribution >= 4 is 16.9 Å². The SMILES string of the molecule is Cn1cnc2c(NCC3(O)CCCCCC3)nccc21. The molecule has 0 amide bonds. The van der Waals surface area contributed by atoms with Crippen molar-refractivity contribution in [2.45, 2.75) is 44.1 Å². The third kappa shape index (κ3) is 2.63. The number of imidazole rings is 1. The second kappa shape index (κ2) is 5.40. The Kier molecular flexibility index (Phi) is 3.61. The van der Waals surface area contributed by atoms with Gasteiger partial charge in [0, 0.05) is 19.8 Å². The van der Waals surface area contributed by atoms with Crippen molar-refractivity contribution in [1.82, 2.24) is 14.5 Å². The van der Waals surface area contributed by atoms with Gasteiger partial charge >= 0.3 is 0 Å². The zero-order valence-electron chi connectivity index (χ0n) is 12.0. The van der Waals surface area contributed by atoms with Crippen molar-refractivity contribution in [2.24, 2.45) is 7.05 Å². The van der Waals surface area contributed by atoms with Crippen molar-refractivity contribution in [3.8, 4) is 0 Å². The first-order valence-electron chi connectivity index (χ1n) is 7.40. The van der Waals surface area contributed by atoms with Gasteiger partial charge < -0.3 is 15.0 Å². The van der Waals surface area contributed by atoms with Gasteiger partial charge in [0.2, 0.25) is 0 Å². The number of anilines is 1. The number of aromatic nitrogens is 3. The van der Waals surface area contributed by atoms with Crippen LogP contribution in [-0.4, -0.2) is 31.8 Å². The zero-order valence-corrected chi connectivity index (χ0v) is 12.0. The molecule has 1 saturated carbocycles. The normalized spacial score (nSPS) is 18.9. The van der Waals surface area contributed by atoms with Crippen LogP contribution in [-0.2, 0) is 7.05 Å². The maximum Gasteiger partial charge on any atom is 0.154 e. The van der Waals surface area contributed by atoms with Crippen molar-refractivity contribution in [3.63, 3.8) is 0 Å². The summed E-state index contributed by atoms with van der Waals surface area (Å²) in [4.78, 5) is 8.74. The van der Waals surface area contributed by atoms with Gasteiger partial charge in [-0.1, -0.05) is 25.7 Å². The van der Waals surface area contributed by atoms with Crippen LogP contribution in [0.25, 0.3) is 11.0 Å². The number of hydrogen-bond donors (Lipinski definition) is 2. The van der Waals surface area contributed by atoms with Crippen LogP contribution in [0.4, 0.5) is 5.82 Å². The summed E-state index contributed by atoms with van der Waals surface area (Å²) in [5, 5.41) is 14.0. The highest BCUT2D eigenvalue weighted by molar-refractivity contribution is 5.85. The predicted octanol–water partition coefficient (Wildman–Crippen LogP) is 2.47. The molecule has 20 heavy (non-hydrogen) atoms. The summed E-state index contributed by atoms with van der Waals surface area (Å²) in [7, 11) is 1.97. The maximum atomic E-state index is 10.7. The minimum Gasteiger partial charge on any atom is -0.388 e. The van der Waals surface area contributed by atoms with Crippen LogP contribution in [0.15, 0.2) is 18.6 Å². The van der Waals surface area contributed by atoms with E-state index in [2.05, 4.69) is 15.3 Å². The second-order valence-corrected chi connectivity index (χ2v) is 5.87. The van der Waals surface area contributed by atoms with Crippen LogP contribution >= 0.6 is 0 Å². The number of rotatable bonds is 3. The fourth-order valence-corrected chi connectivity index (χ4v) is 3.00. The van der Waals surface area contributed by atoms with Crippen molar-refractivity contribution < 1.29 is 5.11 Å². The molecule has 0 bridgehead atoms. The lowest BCUT2D eigenvalue weighted by molar-refractivity contribution is 0.0381. The lowest BCUT2D eigenvalue weighted by atomic mass is 9.94. The second-order valence-electron chi connectivity index (χ2n) is 5.87. The monoisotopic (exact) mass is 274 g/mol. The van der Waals surface area contributed by atoms with Crippen molar-refractivity contribution in [1.29, 1.82) is 0 Å². The summed E-state index contributed by atoms with van der Waals surface area (Å²) < 4.78 is 1.97. The van der Waals surface area contributed by atoms with E-state index in [0.29, 0.717) is 6.54 Å². The van der Waals surface area contributed by atoms with Gasteiger partial charge in [0.1, 0.15) is 5.52 Å². The van der Waals surface area contributed by atoms with Gasteiger partial charge in [-0.05, 0) is 18.9 Å². The summed E-state index contributed by atoms with van der Waals surface area (Å²) in [6.07, 6.45) is 10.0. The highest BCUT2D eigenvalue weighted by Gasteiger charge is 2.28. The number of pyridine rings is 1. The number of hydrogen-bond acceptors (Lipinski definition) is 4. The third-order valence-electron chi connectivity index (χ3n) is 4.26. The summed E-state index contributed by atoms with van der Waals surface area (Å²) in [5.41, 5.74) is 1.32. The molecule has 108 valence electrons. The smallest absolute Gasteiger partial charge is 0.154 e.